The van der Waals surface area contributed by atoms with Crippen LogP contribution in [-0.4, -0.2) is 35.0 Å². The van der Waals surface area contributed by atoms with Crippen LogP contribution in [0.4, 0.5) is 13.2 Å². The van der Waals surface area contributed by atoms with Gasteiger partial charge in [-0.15, -0.1) is 0 Å². The van der Waals surface area contributed by atoms with Crippen LogP contribution in [0.25, 0.3) is 0 Å². The molecule has 1 saturated heterocycles. The van der Waals surface area contributed by atoms with Gasteiger partial charge in [-0.25, -0.2) is 0 Å². The highest BCUT2D eigenvalue weighted by Gasteiger charge is 2.40. The lowest BCUT2D eigenvalue weighted by molar-refractivity contribution is -0.137. The van der Waals surface area contributed by atoms with Crippen LogP contribution in [0.3, 0.4) is 0 Å². The van der Waals surface area contributed by atoms with Crippen molar-refractivity contribution in [3.05, 3.63) is 93.2 Å². The smallest absolute Gasteiger partial charge is 0.416 e. The molecule has 1 amide bonds. The molecule has 0 aliphatic carbocycles. The number of alkyl halides is 3. The van der Waals surface area contributed by atoms with Crippen LogP contribution in [0.2, 0.25) is 10.0 Å². The van der Waals surface area contributed by atoms with Gasteiger partial charge in [-0.05, 0) is 67.9 Å². The molecule has 1 aliphatic rings. The largest absolute Gasteiger partial charge is 0.490 e. The van der Waals surface area contributed by atoms with Gasteiger partial charge in [0, 0.05) is 36.8 Å². The molecule has 3 atom stereocenters. The van der Waals surface area contributed by atoms with Crippen molar-refractivity contribution in [3.63, 3.8) is 0 Å². The summed E-state index contributed by atoms with van der Waals surface area (Å²) in [4.78, 5) is 19.2. The van der Waals surface area contributed by atoms with Crippen molar-refractivity contribution in [2.75, 3.05) is 13.1 Å². The fourth-order valence-corrected chi connectivity index (χ4v) is 4.67. The molecular weight excluding hydrogens is 500 g/mol. The van der Waals surface area contributed by atoms with E-state index in [-0.39, 0.29) is 17.7 Å². The average molecular weight is 523 g/mol. The number of hydrogen-bond donors (Lipinski definition) is 0. The number of amides is 1. The summed E-state index contributed by atoms with van der Waals surface area (Å²) >= 11 is 12.4. The number of hydrogen-bond acceptors (Lipinski definition) is 3. The summed E-state index contributed by atoms with van der Waals surface area (Å²) in [6.45, 7) is 4.53. The molecule has 1 fully saturated rings. The van der Waals surface area contributed by atoms with Crippen molar-refractivity contribution in [3.8, 4) is 5.75 Å². The number of carbonyl (C=O) groups is 1. The maximum atomic E-state index is 13.2. The molecule has 0 radical (unpaired) electrons. The van der Waals surface area contributed by atoms with Crippen molar-refractivity contribution >= 4 is 29.1 Å². The lowest BCUT2D eigenvalue weighted by Gasteiger charge is -2.26. The maximum Gasteiger partial charge on any atom is 0.416 e. The molecule has 2 aromatic carbocycles. The first-order chi connectivity index (χ1) is 16.5. The van der Waals surface area contributed by atoms with Crippen molar-refractivity contribution in [2.24, 2.45) is 5.92 Å². The van der Waals surface area contributed by atoms with Crippen LogP contribution >= 0.6 is 23.2 Å². The average Bonchev–Trinajstić information content (AvgIpc) is 3.26. The Morgan fingerprint density at radius 2 is 1.77 bits per heavy atom. The number of aromatic nitrogens is 1. The van der Waals surface area contributed by atoms with Crippen molar-refractivity contribution in [2.45, 2.75) is 32.0 Å². The molecular formula is C26H23Cl2F3N2O2. The Labute approximate surface area is 211 Å². The zero-order chi connectivity index (χ0) is 25.3. The SMILES string of the molecule is Cc1ccc(C(=O)N2CC([C@@H](C)Oc3ccc(C(F)(F)F)cc3)[C@H](c3ccc(Cl)c(Cl)c3)C2)cn1. The summed E-state index contributed by atoms with van der Waals surface area (Å²) in [5, 5.41) is 0.837. The van der Waals surface area contributed by atoms with Crippen LogP contribution in [0.5, 0.6) is 5.75 Å². The predicted octanol–water partition coefficient (Wildman–Crippen LogP) is 7.04. The number of pyridine rings is 1. The Kier molecular flexibility index (Phi) is 7.29. The first kappa shape index (κ1) is 25.3. The van der Waals surface area contributed by atoms with Gasteiger partial charge in [-0.3, -0.25) is 9.78 Å². The topological polar surface area (TPSA) is 42.4 Å². The second kappa shape index (κ2) is 10.1. The van der Waals surface area contributed by atoms with Crippen LogP contribution in [0.15, 0.2) is 60.8 Å². The van der Waals surface area contributed by atoms with E-state index in [0.717, 1.165) is 23.4 Å². The third kappa shape index (κ3) is 5.73. The van der Waals surface area contributed by atoms with Gasteiger partial charge < -0.3 is 9.64 Å². The van der Waals surface area contributed by atoms with Gasteiger partial charge in [0.05, 0.1) is 21.2 Å². The summed E-state index contributed by atoms with van der Waals surface area (Å²) in [7, 11) is 0. The summed E-state index contributed by atoms with van der Waals surface area (Å²) in [5.74, 6) is -0.0776. The van der Waals surface area contributed by atoms with Crippen LogP contribution in [0.1, 0.15) is 40.0 Å². The first-order valence-electron chi connectivity index (χ1n) is 11.0. The minimum atomic E-state index is -4.42. The zero-order valence-corrected chi connectivity index (χ0v) is 20.5. The van der Waals surface area contributed by atoms with E-state index >= 15 is 0 Å². The van der Waals surface area contributed by atoms with Crippen molar-refractivity contribution in [1.82, 2.24) is 9.88 Å². The molecule has 0 saturated carbocycles. The minimum Gasteiger partial charge on any atom is -0.490 e. The number of benzene rings is 2. The Morgan fingerprint density at radius 1 is 1.06 bits per heavy atom. The number of carbonyl (C=O) groups excluding carboxylic acids is 1. The Hall–Kier alpha value is -2.77. The molecule has 2 heterocycles. The maximum absolute atomic E-state index is 13.2. The fourth-order valence-electron chi connectivity index (χ4n) is 4.37. The molecule has 4 rings (SSSR count). The molecule has 3 aromatic rings. The molecule has 1 aliphatic heterocycles. The van der Waals surface area contributed by atoms with Gasteiger partial charge in [0.25, 0.3) is 5.91 Å². The van der Waals surface area contributed by atoms with E-state index < -0.39 is 17.8 Å². The van der Waals surface area contributed by atoms with E-state index in [1.165, 1.54) is 12.1 Å². The van der Waals surface area contributed by atoms with E-state index in [4.69, 9.17) is 27.9 Å². The minimum absolute atomic E-state index is 0.114. The van der Waals surface area contributed by atoms with Gasteiger partial charge in [-0.1, -0.05) is 29.3 Å². The summed E-state index contributed by atoms with van der Waals surface area (Å²) in [6.07, 6.45) is -3.26. The summed E-state index contributed by atoms with van der Waals surface area (Å²) in [6, 6.07) is 13.5. The molecule has 1 unspecified atom stereocenters. The molecule has 184 valence electrons. The lowest BCUT2D eigenvalue weighted by atomic mass is 9.85. The zero-order valence-electron chi connectivity index (χ0n) is 19.0. The summed E-state index contributed by atoms with van der Waals surface area (Å²) < 4.78 is 44.8. The standard InChI is InChI=1S/C26H23Cl2F3N2O2/c1-15-3-4-18(12-32-15)25(34)33-13-21(22(14-33)17-5-10-23(27)24(28)11-17)16(2)35-20-8-6-19(7-9-20)26(29,30)31/h3-12,16,21-22H,13-14H2,1-2H3/t16-,21?,22+/m1/s1. The Bertz CT molecular complexity index is 1200. The Morgan fingerprint density at radius 3 is 2.37 bits per heavy atom. The number of likely N-dealkylation sites (tertiary alicyclic amines) is 1. The van der Waals surface area contributed by atoms with Gasteiger partial charge in [-0.2, -0.15) is 13.2 Å². The molecule has 0 spiro atoms. The highest BCUT2D eigenvalue weighted by molar-refractivity contribution is 6.42. The van der Waals surface area contributed by atoms with Crippen LogP contribution in [-0.2, 0) is 6.18 Å². The quantitative estimate of drug-likeness (QED) is 0.360. The molecule has 0 bridgehead atoms. The second-order valence-corrected chi connectivity index (χ2v) is 9.50. The van der Waals surface area contributed by atoms with Gasteiger partial charge in [0.15, 0.2) is 0 Å². The normalized spacial score (nSPS) is 19.0. The highest BCUT2D eigenvalue weighted by atomic mass is 35.5. The van der Waals surface area contributed by atoms with Gasteiger partial charge in [0.1, 0.15) is 11.9 Å². The third-order valence-electron chi connectivity index (χ3n) is 6.29. The second-order valence-electron chi connectivity index (χ2n) is 8.69. The van der Waals surface area contributed by atoms with Crippen LogP contribution in [0, 0.1) is 12.8 Å². The number of aryl methyl sites for hydroxylation is 1. The number of rotatable bonds is 5. The van der Waals surface area contributed by atoms with E-state index in [1.54, 1.807) is 35.4 Å². The lowest BCUT2D eigenvalue weighted by Crippen LogP contribution is -2.32. The van der Waals surface area contributed by atoms with Crippen LogP contribution < -0.4 is 4.74 Å². The van der Waals surface area contributed by atoms with E-state index in [0.29, 0.717) is 34.4 Å². The molecule has 9 heteroatoms. The van der Waals surface area contributed by atoms with Crippen molar-refractivity contribution < 1.29 is 22.7 Å². The molecule has 0 N–H and O–H groups in total. The molecule has 35 heavy (non-hydrogen) atoms. The Balaban J connectivity index is 1.58. The molecule has 4 nitrogen and oxygen atoms in total. The number of halogens is 5. The monoisotopic (exact) mass is 522 g/mol. The van der Waals surface area contributed by atoms with Gasteiger partial charge >= 0.3 is 6.18 Å². The molecule has 1 aromatic heterocycles. The van der Waals surface area contributed by atoms with E-state index in [2.05, 4.69) is 4.98 Å². The predicted molar refractivity (Wildman–Crippen MR) is 129 cm³/mol. The number of ether oxygens (including phenoxy) is 1. The van der Waals surface area contributed by atoms with E-state index in [9.17, 15) is 18.0 Å². The first-order valence-corrected chi connectivity index (χ1v) is 11.8. The highest BCUT2D eigenvalue weighted by Crippen LogP contribution is 2.39. The summed E-state index contributed by atoms with van der Waals surface area (Å²) in [5.41, 5.74) is 1.47. The number of nitrogens with zero attached hydrogens (tertiary/aromatic N) is 2. The van der Waals surface area contributed by atoms with Crippen molar-refractivity contribution in [1.29, 1.82) is 0 Å². The fraction of sp³-hybridized carbons (Fsp3) is 0.308. The third-order valence-corrected chi connectivity index (χ3v) is 7.03. The van der Waals surface area contributed by atoms with E-state index in [1.807, 2.05) is 19.9 Å². The van der Waals surface area contributed by atoms with Gasteiger partial charge in [0.2, 0.25) is 0 Å².